The third kappa shape index (κ3) is 8.52. The first-order valence-corrected chi connectivity index (χ1v) is 15.7. The van der Waals surface area contributed by atoms with Crippen molar-refractivity contribution < 1.29 is 24.0 Å². The molecule has 2 aliphatic heterocycles. The number of hydrogen-bond acceptors (Lipinski definition) is 6. The van der Waals surface area contributed by atoms with Crippen molar-refractivity contribution in [3.63, 3.8) is 0 Å². The first-order valence-electron chi connectivity index (χ1n) is 15.7. The molecule has 0 aromatic carbocycles. The van der Waals surface area contributed by atoms with Gasteiger partial charge in [-0.25, -0.2) is 0 Å². The highest BCUT2D eigenvalue weighted by Crippen LogP contribution is 2.59. The van der Waals surface area contributed by atoms with E-state index in [-0.39, 0.29) is 53.2 Å². The van der Waals surface area contributed by atoms with Crippen LogP contribution in [0.4, 0.5) is 0 Å². The van der Waals surface area contributed by atoms with Crippen molar-refractivity contribution in [2.24, 2.45) is 23.7 Å². The number of ketones is 1. The standard InChI is InChI=1S/C31H55N5O5/c1-9-24-23-19-31(24,10-2)36(30(23)41)18-13-11-12-15-25(38)33-34-26(39)16-14-17-35(8)28(21(5)6)29(40)32-27(20(3)4)22(7)37/h20-21,23-24,27-28H,9-19H2,1-8H3,(H,32,40)(H,33,38)(H,34,39)/t23?,24?,27-,28?,31?/m0/s1. The molecule has 4 unspecified atom stereocenters. The molecule has 3 rings (SSSR count). The molecule has 3 aliphatic rings. The first-order chi connectivity index (χ1) is 19.3. The van der Waals surface area contributed by atoms with Gasteiger partial charge in [0.1, 0.15) is 0 Å². The van der Waals surface area contributed by atoms with E-state index in [4.69, 9.17) is 0 Å². The van der Waals surface area contributed by atoms with Gasteiger partial charge in [0.2, 0.25) is 23.6 Å². The fourth-order valence-electron chi connectivity index (χ4n) is 7.09. The highest BCUT2D eigenvalue weighted by Gasteiger charge is 2.66. The van der Waals surface area contributed by atoms with Crippen LogP contribution in [0.25, 0.3) is 0 Å². The molecule has 5 atom stereocenters. The molecule has 1 saturated carbocycles. The molecule has 0 radical (unpaired) electrons. The minimum atomic E-state index is -0.520. The fourth-order valence-corrected chi connectivity index (χ4v) is 7.09. The Kier molecular flexibility index (Phi) is 13.3. The second-order valence-electron chi connectivity index (χ2n) is 12.8. The number of hydrazine groups is 1. The van der Waals surface area contributed by atoms with Crippen LogP contribution in [0.2, 0.25) is 0 Å². The second kappa shape index (κ2) is 15.7. The number of fused-ring (bicyclic) bond motifs is 1. The van der Waals surface area contributed by atoms with E-state index < -0.39 is 12.1 Å². The zero-order chi connectivity index (χ0) is 30.9. The maximum Gasteiger partial charge on any atom is 0.238 e. The van der Waals surface area contributed by atoms with Crippen molar-refractivity contribution in [1.82, 2.24) is 26.0 Å². The number of amides is 4. The number of carbonyl (C=O) groups excluding carboxylic acids is 5. The smallest absolute Gasteiger partial charge is 0.238 e. The Labute approximate surface area is 247 Å². The minimum absolute atomic E-state index is 0.00142. The first kappa shape index (κ1) is 34.7. The van der Waals surface area contributed by atoms with Crippen molar-refractivity contribution in [2.75, 3.05) is 20.1 Å². The summed E-state index contributed by atoms with van der Waals surface area (Å²) in [6.45, 7) is 14.9. The number of rotatable bonds is 18. The van der Waals surface area contributed by atoms with E-state index in [2.05, 4.69) is 34.9 Å². The third-order valence-corrected chi connectivity index (χ3v) is 9.24. The van der Waals surface area contributed by atoms with Gasteiger partial charge in [-0.3, -0.25) is 39.7 Å². The summed E-state index contributed by atoms with van der Waals surface area (Å²) in [5, 5.41) is 2.89. The van der Waals surface area contributed by atoms with Gasteiger partial charge in [-0.1, -0.05) is 54.4 Å². The topological polar surface area (TPSA) is 128 Å². The molecule has 234 valence electrons. The maximum absolute atomic E-state index is 12.9. The van der Waals surface area contributed by atoms with E-state index >= 15 is 0 Å². The number of Topliss-reactive ketones (excluding diaryl/α,β-unsaturated/α-hetero) is 1. The van der Waals surface area contributed by atoms with Crippen molar-refractivity contribution in [2.45, 2.75) is 124 Å². The summed E-state index contributed by atoms with van der Waals surface area (Å²) in [7, 11) is 1.84. The van der Waals surface area contributed by atoms with Crippen LogP contribution < -0.4 is 16.2 Å². The molecule has 0 spiro atoms. The van der Waals surface area contributed by atoms with E-state index in [1.165, 1.54) is 6.92 Å². The molecule has 3 N–H and O–H groups in total. The van der Waals surface area contributed by atoms with E-state index in [1.54, 1.807) is 0 Å². The largest absolute Gasteiger partial charge is 0.345 e. The summed E-state index contributed by atoms with van der Waals surface area (Å²) in [4.78, 5) is 66.0. The number of nitrogens with zero attached hydrogens (tertiary/aromatic N) is 2. The van der Waals surface area contributed by atoms with Gasteiger partial charge in [-0.15, -0.1) is 0 Å². The van der Waals surface area contributed by atoms with Crippen molar-refractivity contribution >= 4 is 29.4 Å². The van der Waals surface area contributed by atoms with Gasteiger partial charge in [-0.2, -0.15) is 0 Å². The predicted molar refractivity (Wildman–Crippen MR) is 159 cm³/mol. The average molecular weight is 578 g/mol. The third-order valence-electron chi connectivity index (χ3n) is 9.24. The summed E-state index contributed by atoms with van der Waals surface area (Å²) in [6.07, 6.45) is 6.56. The number of hydrogen-bond donors (Lipinski definition) is 3. The van der Waals surface area contributed by atoms with Gasteiger partial charge in [0, 0.05) is 30.8 Å². The summed E-state index contributed by atoms with van der Waals surface area (Å²) in [6, 6.07) is -0.943. The van der Waals surface area contributed by atoms with E-state index in [0.29, 0.717) is 37.6 Å². The summed E-state index contributed by atoms with van der Waals surface area (Å²) < 4.78 is 0. The summed E-state index contributed by atoms with van der Waals surface area (Å²) >= 11 is 0. The van der Waals surface area contributed by atoms with Gasteiger partial charge in [0.15, 0.2) is 5.78 Å². The molecule has 4 amide bonds. The molecule has 41 heavy (non-hydrogen) atoms. The maximum atomic E-state index is 12.9. The monoisotopic (exact) mass is 577 g/mol. The van der Waals surface area contributed by atoms with Crippen LogP contribution in [0.15, 0.2) is 0 Å². The van der Waals surface area contributed by atoms with Crippen LogP contribution in [0.1, 0.15) is 106 Å². The molecular weight excluding hydrogens is 522 g/mol. The van der Waals surface area contributed by atoms with Gasteiger partial charge in [-0.05, 0) is 70.4 Å². The lowest BCUT2D eigenvalue weighted by Crippen LogP contribution is -2.54. The van der Waals surface area contributed by atoms with Crippen LogP contribution in [-0.4, -0.2) is 77.0 Å². The molecule has 10 nitrogen and oxygen atoms in total. The lowest BCUT2D eigenvalue weighted by Gasteiger charge is -2.48. The second-order valence-corrected chi connectivity index (χ2v) is 12.8. The zero-order valence-corrected chi connectivity index (χ0v) is 26.7. The quantitative estimate of drug-likeness (QED) is 0.170. The molecule has 0 aromatic rings. The number of carbonyl (C=O) groups is 5. The molecule has 10 heteroatoms. The molecular formula is C31H55N5O5. The predicted octanol–water partition coefficient (Wildman–Crippen LogP) is 3.20. The van der Waals surface area contributed by atoms with Crippen LogP contribution in [0, 0.1) is 23.7 Å². The fraction of sp³-hybridized carbons (Fsp3) is 0.839. The van der Waals surface area contributed by atoms with Crippen LogP contribution >= 0.6 is 0 Å². The molecule has 0 aromatic heterocycles. The Hall–Kier alpha value is -2.49. The molecule has 2 heterocycles. The number of unbranched alkanes of at least 4 members (excludes halogenated alkanes) is 2. The van der Waals surface area contributed by atoms with Crippen molar-refractivity contribution in [1.29, 1.82) is 0 Å². The molecule has 2 saturated heterocycles. The lowest BCUT2D eigenvalue weighted by molar-refractivity contribution is -0.132. The average Bonchev–Trinajstić information content (AvgIpc) is 3.29. The lowest BCUT2D eigenvalue weighted by atomic mass is 9.60. The Morgan fingerprint density at radius 3 is 2.07 bits per heavy atom. The molecule has 3 fully saturated rings. The van der Waals surface area contributed by atoms with E-state index in [1.807, 2.05) is 39.6 Å². The SMILES string of the molecule is CCC1C2CC1(CC)N(CCCCCC(=O)NNC(=O)CCCN(C)C(C(=O)N[C@H](C(C)=O)C(C)C)C(C)C)C2=O. The van der Waals surface area contributed by atoms with Crippen molar-refractivity contribution in [3.05, 3.63) is 0 Å². The number of nitrogens with one attached hydrogen (secondary N) is 3. The Balaban J connectivity index is 1.63. The highest BCUT2D eigenvalue weighted by atomic mass is 16.2. The Morgan fingerprint density at radius 1 is 0.951 bits per heavy atom. The minimum Gasteiger partial charge on any atom is -0.345 e. The Bertz CT molecular complexity index is 938. The zero-order valence-electron chi connectivity index (χ0n) is 26.7. The van der Waals surface area contributed by atoms with Gasteiger partial charge < -0.3 is 10.2 Å². The van der Waals surface area contributed by atoms with Crippen LogP contribution in [0.5, 0.6) is 0 Å². The van der Waals surface area contributed by atoms with Crippen molar-refractivity contribution in [3.8, 4) is 0 Å². The van der Waals surface area contributed by atoms with Gasteiger partial charge in [0.05, 0.1) is 12.1 Å². The van der Waals surface area contributed by atoms with E-state index in [0.717, 1.165) is 38.6 Å². The molecule has 1 aliphatic carbocycles. The number of likely N-dealkylation sites (N-methyl/N-ethyl adjacent to an activating group) is 1. The van der Waals surface area contributed by atoms with Crippen LogP contribution in [-0.2, 0) is 24.0 Å². The molecule has 2 bridgehead atoms. The highest BCUT2D eigenvalue weighted by molar-refractivity contribution is 5.90. The van der Waals surface area contributed by atoms with Crippen LogP contribution in [0.3, 0.4) is 0 Å². The summed E-state index contributed by atoms with van der Waals surface area (Å²) in [5.41, 5.74) is 5.04. The van der Waals surface area contributed by atoms with E-state index in [9.17, 15) is 24.0 Å². The van der Waals surface area contributed by atoms with Gasteiger partial charge >= 0.3 is 0 Å². The normalized spacial score (nSPS) is 23.0. The Morgan fingerprint density at radius 2 is 1.56 bits per heavy atom. The van der Waals surface area contributed by atoms with Gasteiger partial charge in [0.25, 0.3) is 0 Å². The summed E-state index contributed by atoms with van der Waals surface area (Å²) in [5.74, 6) is 0.303.